The van der Waals surface area contributed by atoms with Crippen molar-refractivity contribution in [1.82, 2.24) is 4.90 Å². The average molecular weight is 141 g/mol. The van der Waals surface area contributed by atoms with Gasteiger partial charge in [-0.15, -0.1) is 6.42 Å². The van der Waals surface area contributed by atoms with Gasteiger partial charge in [0.1, 0.15) is 0 Å². The lowest BCUT2D eigenvalue weighted by molar-refractivity contribution is 0.182. The van der Waals surface area contributed by atoms with Crippen LogP contribution >= 0.6 is 0 Å². The van der Waals surface area contributed by atoms with Gasteiger partial charge in [-0.3, -0.25) is 4.90 Å². The van der Waals surface area contributed by atoms with Crippen LogP contribution in [0.2, 0.25) is 0 Å². The molecule has 10 heavy (non-hydrogen) atoms. The first-order valence-electron chi connectivity index (χ1n) is 3.42. The second kappa shape index (κ2) is 6.60. The topological polar surface area (TPSA) is 12.5 Å². The zero-order chi connectivity index (χ0) is 7.82. The predicted molar refractivity (Wildman–Crippen MR) is 42.8 cm³/mol. The molecule has 0 aromatic rings. The van der Waals surface area contributed by atoms with Crippen molar-refractivity contribution in [3.63, 3.8) is 0 Å². The van der Waals surface area contributed by atoms with Gasteiger partial charge in [0.2, 0.25) is 0 Å². The highest BCUT2D eigenvalue weighted by molar-refractivity contribution is 4.86. The zero-order valence-corrected chi connectivity index (χ0v) is 6.76. The lowest BCUT2D eigenvalue weighted by Gasteiger charge is -2.11. The van der Waals surface area contributed by atoms with Gasteiger partial charge in [0.15, 0.2) is 0 Å². The number of hydrogen-bond acceptors (Lipinski definition) is 2. The average Bonchev–Trinajstić information content (AvgIpc) is 1.89. The third-order valence-corrected chi connectivity index (χ3v) is 1.25. The van der Waals surface area contributed by atoms with Crippen molar-refractivity contribution in [3.8, 4) is 12.3 Å². The first kappa shape index (κ1) is 9.48. The Labute approximate surface area is 63.2 Å². The van der Waals surface area contributed by atoms with Gasteiger partial charge in [0.25, 0.3) is 0 Å². The Balaban J connectivity index is 3.06. The second-order valence-corrected chi connectivity index (χ2v) is 2.29. The molecule has 0 unspecified atom stereocenters. The molecular weight excluding hydrogens is 126 g/mol. The molecule has 0 atom stereocenters. The third-order valence-electron chi connectivity index (χ3n) is 1.25. The van der Waals surface area contributed by atoms with E-state index in [2.05, 4.69) is 10.8 Å². The van der Waals surface area contributed by atoms with E-state index in [1.54, 1.807) is 7.11 Å². The van der Waals surface area contributed by atoms with Gasteiger partial charge in [0, 0.05) is 20.3 Å². The van der Waals surface area contributed by atoms with Crippen LogP contribution in [-0.4, -0.2) is 38.8 Å². The van der Waals surface area contributed by atoms with E-state index in [0.29, 0.717) is 0 Å². The van der Waals surface area contributed by atoms with Crippen molar-refractivity contribution < 1.29 is 4.74 Å². The van der Waals surface area contributed by atoms with Crippen LogP contribution in [0, 0.1) is 12.3 Å². The minimum absolute atomic E-state index is 0.726. The molecule has 0 spiro atoms. The number of nitrogens with zero attached hydrogens (tertiary/aromatic N) is 1. The summed E-state index contributed by atoms with van der Waals surface area (Å²) < 4.78 is 4.89. The monoisotopic (exact) mass is 141 g/mol. The SMILES string of the molecule is C#CCN(C)CCCOC. The van der Waals surface area contributed by atoms with Crippen molar-refractivity contribution in [2.75, 3.05) is 33.9 Å². The fourth-order valence-electron chi connectivity index (χ4n) is 0.714. The molecule has 2 heteroatoms. The van der Waals surface area contributed by atoms with Crippen molar-refractivity contribution in [2.45, 2.75) is 6.42 Å². The van der Waals surface area contributed by atoms with Crippen molar-refractivity contribution >= 4 is 0 Å². The van der Waals surface area contributed by atoms with Gasteiger partial charge in [-0.05, 0) is 13.5 Å². The number of methoxy groups -OCH3 is 1. The molecule has 58 valence electrons. The molecule has 0 aliphatic rings. The Hall–Kier alpha value is -0.520. The highest BCUT2D eigenvalue weighted by Crippen LogP contribution is 1.85. The van der Waals surface area contributed by atoms with E-state index in [0.717, 1.165) is 26.1 Å². The fraction of sp³-hybridized carbons (Fsp3) is 0.750. The molecule has 0 aromatic heterocycles. The first-order valence-corrected chi connectivity index (χ1v) is 3.42. The lowest BCUT2D eigenvalue weighted by atomic mass is 10.4. The van der Waals surface area contributed by atoms with Crippen molar-refractivity contribution in [2.24, 2.45) is 0 Å². The van der Waals surface area contributed by atoms with Crippen LogP contribution in [0.4, 0.5) is 0 Å². The Bertz CT molecular complexity index is 106. The maximum atomic E-state index is 5.11. The van der Waals surface area contributed by atoms with Gasteiger partial charge in [-0.25, -0.2) is 0 Å². The second-order valence-electron chi connectivity index (χ2n) is 2.29. The summed E-state index contributed by atoms with van der Waals surface area (Å²) >= 11 is 0. The summed E-state index contributed by atoms with van der Waals surface area (Å²) in [7, 11) is 3.72. The molecule has 0 aliphatic heterocycles. The van der Waals surface area contributed by atoms with Gasteiger partial charge < -0.3 is 4.74 Å². The minimum Gasteiger partial charge on any atom is -0.385 e. The van der Waals surface area contributed by atoms with Crippen molar-refractivity contribution in [1.29, 1.82) is 0 Å². The number of rotatable bonds is 5. The molecule has 2 nitrogen and oxygen atoms in total. The lowest BCUT2D eigenvalue weighted by Crippen LogP contribution is -2.20. The van der Waals surface area contributed by atoms with Crippen molar-refractivity contribution in [3.05, 3.63) is 0 Å². The maximum Gasteiger partial charge on any atom is 0.0596 e. The Morgan fingerprint density at radius 2 is 2.30 bits per heavy atom. The molecule has 0 amide bonds. The molecule has 0 aliphatic carbocycles. The van der Waals surface area contributed by atoms with E-state index < -0.39 is 0 Å². The summed E-state index contributed by atoms with van der Waals surface area (Å²) in [5.74, 6) is 2.58. The van der Waals surface area contributed by atoms with E-state index in [4.69, 9.17) is 11.2 Å². The van der Waals surface area contributed by atoms with Crippen LogP contribution in [-0.2, 0) is 4.74 Å². The van der Waals surface area contributed by atoms with Crippen LogP contribution in [0.15, 0.2) is 0 Å². The van der Waals surface area contributed by atoms with Crippen LogP contribution in [0.25, 0.3) is 0 Å². The molecule has 0 aromatic carbocycles. The number of terminal acetylenes is 1. The summed E-state index contributed by atoms with van der Waals surface area (Å²) in [4.78, 5) is 2.10. The Morgan fingerprint density at radius 3 is 2.80 bits per heavy atom. The van der Waals surface area contributed by atoms with Crippen LogP contribution < -0.4 is 0 Å². The predicted octanol–water partition coefficient (Wildman–Crippen LogP) is 0.588. The van der Waals surface area contributed by atoms with E-state index in [9.17, 15) is 0 Å². The molecule has 0 saturated carbocycles. The van der Waals surface area contributed by atoms with Crippen LogP contribution in [0.3, 0.4) is 0 Å². The quantitative estimate of drug-likeness (QED) is 0.410. The van der Waals surface area contributed by atoms with Gasteiger partial charge in [0.05, 0.1) is 6.54 Å². The number of ether oxygens (including phenoxy) is 1. The smallest absolute Gasteiger partial charge is 0.0596 e. The molecule has 0 rings (SSSR count). The maximum absolute atomic E-state index is 5.11. The van der Waals surface area contributed by atoms with Gasteiger partial charge >= 0.3 is 0 Å². The Kier molecular flexibility index (Phi) is 6.25. The summed E-state index contributed by atoms with van der Waals surface area (Å²) in [5.41, 5.74) is 0. The molecule has 0 radical (unpaired) electrons. The van der Waals surface area contributed by atoms with E-state index in [1.807, 2.05) is 7.05 Å². The molecule has 0 N–H and O–H groups in total. The van der Waals surface area contributed by atoms with E-state index >= 15 is 0 Å². The molecule has 0 saturated heterocycles. The standard InChI is InChI=1S/C8H15NO/c1-4-6-9(2)7-5-8-10-3/h1H,5-8H2,2-3H3. The van der Waals surface area contributed by atoms with Gasteiger partial charge in [-0.1, -0.05) is 5.92 Å². The van der Waals surface area contributed by atoms with E-state index in [-0.39, 0.29) is 0 Å². The van der Waals surface area contributed by atoms with Crippen LogP contribution in [0.1, 0.15) is 6.42 Å². The highest BCUT2D eigenvalue weighted by atomic mass is 16.5. The minimum atomic E-state index is 0.726. The number of hydrogen-bond donors (Lipinski definition) is 0. The zero-order valence-electron chi connectivity index (χ0n) is 6.76. The van der Waals surface area contributed by atoms with E-state index in [1.165, 1.54) is 0 Å². The molecular formula is C8H15NO. The first-order chi connectivity index (χ1) is 4.81. The Morgan fingerprint density at radius 1 is 1.60 bits per heavy atom. The summed E-state index contributed by atoms with van der Waals surface area (Å²) in [5, 5.41) is 0. The third kappa shape index (κ3) is 5.61. The van der Waals surface area contributed by atoms with Crippen LogP contribution in [0.5, 0.6) is 0 Å². The van der Waals surface area contributed by atoms with Gasteiger partial charge in [-0.2, -0.15) is 0 Å². The molecule has 0 bridgehead atoms. The summed E-state index contributed by atoms with van der Waals surface area (Å²) in [6, 6.07) is 0. The summed E-state index contributed by atoms with van der Waals surface area (Å²) in [6.45, 7) is 2.55. The largest absolute Gasteiger partial charge is 0.385 e. The molecule has 0 fully saturated rings. The summed E-state index contributed by atoms with van der Waals surface area (Å²) in [6.07, 6.45) is 6.16. The fourth-order valence-corrected chi connectivity index (χ4v) is 0.714. The normalized spacial score (nSPS) is 9.80. The highest BCUT2D eigenvalue weighted by Gasteiger charge is 1.92. The molecule has 0 heterocycles.